The van der Waals surface area contributed by atoms with Crippen LogP contribution >= 0.6 is 0 Å². The van der Waals surface area contributed by atoms with Gasteiger partial charge in [0.25, 0.3) is 0 Å². The molecular weight excluding hydrogens is 599 g/mol. The first-order valence-electron chi connectivity index (χ1n) is 21.6. The van der Waals surface area contributed by atoms with Gasteiger partial charge >= 0.3 is 0 Å². The van der Waals surface area contributed by atoms with E-state index in [1.807, 2.05) is 0 Å². The van der Waals surface area contributed by atoms with E-state index in [0.717, 1.165) is 25.7 Å². The van der Waals surface area contributed by atoms with E-state index >= 15 is 0 Å². The molecule has 1 heterocycles. The lowest BCUT2D eigenvalue weighted by atomic mass is 9.95. The summed E-state index contributed by atoms with van der Waals surface area (Å²) in [6, 6.07) is 0.540. The zero-order valence-electron chi connectivity index (χ0n) is 33.5. The predicted octanol–water partition coefficient (Wildman–Crippen LogP) is 14.2. The Morgan fingerprint density at radius 3 is 1.37 bits per heavy atom. The molecule has 0 N–H and O–H groups in total. The Hall–Kier alpha value is -1.16. The first-order chi connectivity index (χ1) is 24.0. The summed E-state index contributed by atoms with van der Waals surface area (Å²) in [6.45, 7) is 6.92. The molecule has 1 saturated heterocycles. The molecule has 2 aliphatic rings. The average Bonchev–Trinajstić information content (AvgIpc) is 3.65. The van der Waals surface area contributed by atoms with Crippen molar-refractivity contribution in [1.82, 2.24) is 4.90 Å². The van der Waals surface area contributed by atoms with Crippen molar-refractivity contribution in [1.29, 1.82) is 0 Å². The molecule has 284 valence electrons. The Kier molecular flexibility index (Phi) is 26.4. The Morgan fingerprint density at radius 1 is 0.531 bits per heavy atom. The highest BCUT2D eigenvalue weighted by molar-refractivity contribution is 4.98. The van der Waals surface area contributed by atoms with Crippen molar-refractivity contribution in [2.45, 2.75) is 225 Å². The fraction of sp³-hybridized carbons (Fsp3) is 0.826. The third-order valence-corrected chi connectivity index (χ3v) is 11.2. The Bertz CT molecular complexity index is 824. The second-order valence-corrected chi connectivity index (χ2v) is 15.8. The summed E-state index contributed by atoms with van der Waals surface area (Å²) < 4.78 is 13.9. The second kappa shape index (κ2) is 29.4. The van der Waals surface area contributed by atoms with Gasteiger partial charge in [0.2, 0.25) is 0 Å². The minimum Gasteiger partial charge on any atom is -0.344 e. The summed E-state index contributed by atoms with van der Waals surface area (Å²) in [5.41, 5.74) is 0. The van der Waals surface area contributed by atoms with Crippen LogP contribution < -0.4 is 0 Å². The molecule has 0 bridgehead atoms. The molecular formula is C46H83NO2. The lowest BCUT2D eigenvalue weighted by molar-refractivity contribution is -0.196. The van der Waals surface area contributed by atoms with Crippen molar-refractivity contribution < 1.29 is 9.47 Å². The monoisotopic (exact) mass is 682 g/mol. The number of unbranched alkanes of at least 4 members (excludes halogenated alkanes) is 18. The van der Waals surface area contributed by atoms with Crippen molar-refractivity contribution in [2.24, 2.45) is 5.92 Å². The molecule has 0 aromatic rings. The first kappa shape index (κ1) is 44.0. The lowest BCUT2D eigenvalue weighted by Crippen LogP contribution is -2.40. The molecule has 1 aliphatic heterocycles. The van der Waals surface area contributed by atoms with Crippen LogP contribution in [0.4, 0.5) is 0 Å². The third-order valence-electron chi connectivity index (χ3n) is 11.2. The van der Waals surface area contributed by atoms with Crippen LogP contribution in [0.25, 0.3) is 0 Å². The maximum absolute atomic E-state index is 7.03. The Balaban J connectivity index is 1.62. The molecule has 49 heavy (non-hydrogen) atoms. The van der Waals surface area contributed by atoms with E-state index in [0.29, 0.717) is 18.1 Å². The van der Waals surface area contributed by atoms with Gasteiger partial charge in [0.1, 0.15) is 0 Å². The van der Waals surface area contributed by atoms with E-state index in [9.17, 15) is 0 Å². The van der Waals surface area contributed by atoms with Crippen molar-refractivity contribution in [3.05, 3.63) is 48.6 Å². The maximum Gasteiger partial charge on any atom is 0.169 e. The topological polar surface area (TPSA) is 21.7 Å². The van der Waals surface area contributed by atoms with E-state index in [2.05, 4.69) is 88.4 Å². The van der Waals surface area contributed by atoms with E-state index in [1.165, 1.54) is 154 Å². The number of ether oxygens (including phenoxy) is 2. The molecule has 0 aromatic heterocycles. The van der Waals surface area contributed by atoms with Gasteiger partial charge in [-0.3, -0.25) is 0 Å². The average molecular weight is 682 g/mol. The predicted molar refractivity (Wildman–Crippen MR) is 216 cm³/mol. The molecule has 0 amide bonds. The highest BCUT2D eigenvalue weighted by Crippen LogP contribution is 2.47. The van der Waals surface area contributed by atoms with Gasteiger partial charge in [0.05, 0.1) is 12.2 Å². The fourth-order valence-corrected chi connectivity index (χ4v) is 7.83. The van der Waals surface area contributed by atoms with Gasteiger partial charge in [0.15, 0.2) is 5.79 Å². The number of nitrogens with zero attached hydrogens (tertiary/aromatic N) is 1. The van der Waals surface area contributed by atoms with Gasteiger partial charge in [-0.15, -0.1) is 0 Å². The molecule has 3 heteroatoms. The van der Waals surface area contributed by atoms with Crippen LogP contribution in [0.5, 0.6) is 0 Å². The van der Waals surface area contributed by atoms with Crippen molar-refractivity contribution in [3.63, 3.8) is 0 Å². The van der Waals surface area contributed by atoms with E-state index in [-0.39, 0.29) is 11.9 Å². The van der Waals surface area contributed by atoms with Crippen LogP contribution in [0.1, 0.15) is 201 Å². The molecule has 0 radical (unpaired) electrons. The molecule has 3 nitrogen and oxygen atoms in total. The summed E-state index contributed by atoms with van der Waals surface area (Å²) >= 11 is 0. The zero-order chi connectivity index (χ0) is 35.3. The molecule has 0 aromatic carbocycles. The van der Waals surface area contributed by atoms with Crippen LogP contribution in [0.15, 0.2) is 48.6 Å². The Morgan fingerprint density at radius 2 is 0.939 bits per heavy atom. The largest absolute Gasteiger partial charge is 0.344 e. The van der Waals surface area contributed by atoms with Gasteiger partial charge in [-0.2, -0.15) is 0 Å². The van der Waals surface area contributed by atoms with Crippen molar-refractivity contribution in [2.75, 3.05) is 14.1 Å². The van der Waals surface area contributed by atoms with Gasteiger partial charge in [-0.05, 0) is 111 Å². The summed E-state index contributed by atoms with van der Waals surface area (Å²) in [5.74, 6) is 0.262. The van der Waals surface area contributed by atoms with Crippen LogP contribution in [0.3, 0.4) is 0 Å². The van der Waals surface area contributed by atoms with E-state index in [4.69, 9.17) is 9.47 Å². The summed E-state index contributed by atoms with van der Waals surface area (Å²) in [6.07, 6.45) is 55.1. The van der Waals surface area contributed by atoms with E-state index in [1.54, 1.807) is 0 Å². The summed E-state index contributed by atoms with van der Waals surface area (Å²) in [5, 5.41) is 0. The quantitative estimate of drug-likeness (QED) is 0.0521. The molecule has 1 aliphatic carbocycles. The summed E-state index contributed by atoms with van der Waals surface area (Å²) in [7, 11) is 4.44. The maximum atomic E-state index is 7.03. The van der Waals surface area contributed by atoms with Gasteiger partial charge < -0.3 is 14.4 Å². The second-order valence-electron chi connectivity index (χ2n) is 15.8. The van der Waals surface area contributed by atoms with Crippen LogP contribution in [-0.2, 0) is 9.47 Å². The molecule has 4 atom stereocenters. The molecule has 0 spiro atoms. The zero-order valence-corrected chi connectivity index (χ0v) is 33.5. The van der Waals surface area contributed by atoms with Crippen LogP contribution in [0.2, 0.25) is 0 Å². The standard InChI is InChI=1S/C46H83NO2/c1-6-8-10-12-14-16-18-20-22-24-26-28-30-32-34-36-40-46(48-44-39-38-43(45(44)49-46)42(3)47(4)5)41-37-35-33-31-29-27-25-23-21-19-17-15-13-11-9-7-2/h14-17,20-23,42-45H,6-13,18-19,24-41H2,1-5H3/b16-14-,17-15-,22-20-,23-21-/t42-,43?,44+,45+/m0/s1. The summed E-state index contributed by atoms with van der Waals surface area (Å²) in [4.78, 5) is 2.38. The number of fused-ring (bicyclic) bond motifs is 1. The molecule has 1 saturated carbocycles. The highest BCUT2D eigenvalue weighted by atomic mass is 16.8. The number of hydrogen-bond acceptors (Lipinski definition) is 3. The molecule has 2 rings (SSSR count). The number of hydrogen-bond donors (Lipinski definition) is 0. The number of rotatable bonds is 32. The van der Waals surface area contributed by atoms with Gasteiger partial charge in [-0.25, -0.2) is 0 Å². The fourth-order valence-electron chi connectivity index (χ4n) is 7.83. The minimum atomic E-state index is -0.329. The van der Waals surface area contributed by atoms with Crippen molar-refractivity contribution >= 4 is 0 Å². The highest BCUT2D eigenvalue weighted by Gasteiger charge is 2.53. The normalized spacial score (nSPS) is 21.5. The molecule has 1 unspecified atom stereocenters. The van der Waals surface area contributed by atoms with Crippen LogP contribution in [0, 0.1) is 5.92 Å². The smallest absolute Gasteiger partial charge is 0.169 e. The van der Waals surface area contributed by atoms with Gasteiger partial charge in [-0.1, -0.05) is 140 Å². The van der Waals surface area contributed by atoms with Crippen LogP contribution in [-0.4, -0.2) is 43.0 Å². The van der Waals surface area contributed by atoms with Gasteiger partial charge in [0, 0.05) is 24.8 Å². The molecule has 2 fully saturated rings. The Labute approximate surface area is 306 Å². The minimum absolute atomic E-state index is 0.284. The SMILES string of the molecule is CCCCC/C=C\C/C=C\CCCCCCCCC1(CCCCCCCC/C=C\C/C=C\CCCCC)O[C@@H]2C([C@H](C)N(C)C)CC[C@H]2O1. The van der Waals surface area contributed by atoms with E-state index < -0.39 is 0 Å². The third kappa shape index (κ3) is 20.5. The number of allylic oxidation sites excluding steroid dienone is 8. The first-order valence-corrected chi connectivity index (χ1v) is 21.6. The lowest BCUT2D eigenvalue weighted by Gasteiger charge is -2.33. The van der Waals surface area contributed by atoms with Crippen molar-refractivity contribution in [3.8, 4) is 0 Å².